The maximum absolute atomic E-state index is 13.0. The Labute approximate surface area is 844 Å². The number of hydrogen-bond donors (Lipinski definition) is 11. The molecule has 43 heteroatoms. The Kier molecular flexibility index (Phi) is 93.9. The number of ether oxygens (including phenoxy) is 15. The molecule has 134 heavy (non-hydrogen) atoms. The first-order chi connectivity index (χ1) is 60.5. The SMILES string of the molecule is CC(C)(C)OC(=O)NCCN.CC(C)(C)OC(=O)[C@H](O)[C@@H](O)C(=O)OC(C)(C)C.CCCBr.CCCO[C@@H](C(=O)CCCNC(=O)OC(C)(C)C)[C@@H](OCCC)C(=O)NCCCC(=O)OC(C)(C)C.CCCO[C@@H](C(=O)CCC[NH3+])[C@@H](OCCC)C(=O)NCC[NH3+].CCCO[C@@H](C(=O)O)[C@@H](OCCC)C(=O)O.CCCO[C@@H](C(=O)OC(C)(C)C)[C@@H](OCCC)C(=O)OC(C)(C)C.[Cl-].[Cl-].[H-].[Na+]. The van der Waals surface area contributed by atoms with Gasteiger partial charge in [-0.3, -0.25) is 24.0 Å². The van der Waals surface area contributed by atoms with Crippen LogP contribution in [-0.4, -0.2) is 302 Å². The van der Waals surface area contributed by atoms with E-state index < -0.39 is 154 Å². The van der Waals surface area contributed by atoms with Crippen LogP contribution in [0.15, 0.2) is 0 Å². The van der Waals surface area contributed by atoms with E-state index in [4.69, 9.17) is 87.0 Å². The monoisotopic (exact) mass is 2050 g/mol. The minimum atomic E-state index is -1.96. The summed E-state index contributed by atoms with van der Waals surface area (Å²) in [7, 11) is 0. The van der Waals surface area contributed by atoms with Gasteiger partial charge in [0, 0.05) is 110 Å². The fourth-order valence-electron chi connectivity index (χ4n) is 9.18. The van der Waals surface area contributed by atoms with Gasteiger partial charge in [-0.2, -0.15) is 0 Å². The summed E-state index contributed by atoms with van der Waals surface area (Å²) in [5, 5.41) is 48.4. The molecule has 0 radical (unpaired) electrons. The summed E-state index contributed by atoms with van der Waals surface area (Å²) in [5.41, 5.74) is 7.99. The molecule has 0 aliphatic carbocycles. The number of aliphatic hydroxyl groups is 2. The summed E-state index contributed by atoms with van der Waals surface area (Å²) < 4.78 is 79.7. The number of amides is 4. The summed E-state index contributed by atoms with van der Waals surface area (Å²) in [4.78, 5) is 155. The Balaban J connectivity index is -0.000000155. The number of aliphatic carboxylic acids is 2. The normalized spacial score (nSPS) is 13.5. The van der Waals surface area contributed by atoms with Crippen LogP contribution in [0.1, 0.15) is 305 Å². The molecule has 0 aromatic rings. The van der Waals surface area contributed by atoms with E-state index in [1.807, 2.05) is 76.2 Å². The van der Waals surface area contributed by atoms with Crippen molar-refractivity contribution in [3.63, 3.8) is 0 Å². The molecule has 0 aromatic carbocycles. The smallest absolute Gasteiger partial charge is 1.00 e. The van der Waals surface area contributed by atoms with Crippen molar-refractivity contribution in [3.05, 3.63) is 0 Å². The number of nitrogens with one attached hydrogen (secondary N) is 4. The van der Waals surface area contributed by atoms with Gasteiger partial charge < -0.3 is 156 Å². The molecule has 16 N–H and O–H groups in total. The molecule has 0 unspecified atom stereocenters. The number of aliphatic hydroxyl groups excluding tert-OH is 2. The van der Waals surface area contributed by atoms with Crippen LogP contribution in [0.4, 0.5) is 9.59 Å². The van der Waals surface area contributed by atoms with Crippen LogP contribution in [0.25, 0.3) is 0 Å². The summed E-state index contributed by atoms with van der Waals surface area (Å²) in [6.45, 7) is 59.2. The molecular weight excluding hydrogens is 1880 g/mol. The molecule has 0 aliphatic heterocycles. The minimum Gasteiger partial charge on any atom is -1.00 e. The fourth-order valence-corrected chi connectivity index (χ4v) is 9.18. The topological polar surface area (TPSA) is 571 Å². The molecule has 10 atom stereocenters. The molecule has 0 aliphatic rings. The fraction of sp³-hybridized carbons (Fsp3) is 0.857. The predicted octanol–water partition coefficient (Wildman–Crippen LogP) is -0.00160. The number of carboxylic acid groups (broad SMARTS) is 2. The van der Waals surface area contributed by atoms with Crippen LogP contribution in [0.3, 0.4) is 0 Å². The number of alkyl halides is 1. The summed E-state index contributed by atoms with van der Waals surface area (Å²) in [6, 6.07) is 0. The Morgan fingerprint density at radius 2 is 0.560 bits per heavy atom. The molecule has 39 nitrogen and oxygen atoms in total. The number of esters is 5. The zero-order valence-corrected chi connectivity index (χ0v) is 92.1. The van der Waals surface area contributed by atoms with Gasteiger partial charge in [-0.05, 0) is 216 Å². The number of halogens is 3. The van der Waals surface area contributed by atoms with Gasteiger partial charge in [0.15, 0.2) is 72.6 Å². The van der Waals surface area contributed by atoms with Crippen LogP contribution in [0.5, 0.6) is 0 Å². The maximum atomic E-state index is 13.0. The third-order valence-corrected chi connectivity index (χ3v) is 15.1. The van der Waals surface area contributed by atoms with Crippen LogP contribution >= 0.6 is 15.9 Å². The predicted molar refractivity (Wildman–Crippen MR) is 499 cm³/mol. The van der Waals surface area contributed by atoms with Crippen molar-refractivity contribution in [2.45, 2.75) is 404 Å². The largest absolute Gasteiger partial charge is 1.00 e. The Hall–Kier alpha value is -5.35. The van der Waals surface area contributed by atoms with Crippen molar-refractivity contribution < 1.29 is 221 Å². The number of hydrogen-bond acceptors (Lipinski definition) is 31. The second-order valence-corrected chi connectivity index (χ2v) is 37.3. The summed E-state index contributed by atoms with van der Waals surface area (Å²) in [6.07, 6.45) is -5.19. The molecule has 0 saturated heterocycles. The molecule has 0 rings (SSSR count). The minimum absolute atomic E-state index is 0. The number of ketones is 2. The zero-order chi connectivity index (χ0) is 103. The number of carboxylic acids is 2. The van der Waals surface area contributed by atoms with Gasteiger partial charge >= 0.3 is 83.5 Å². The van der Waals surface area contributed by atoms with E-state index in [0.29, 0.717) is 130 Å². The third-order valence-electron chi connectivity index (χ3n) is 14.3. The average Bonchev–Trinajstić information content (AvgIpc) is 0.828. The number of nitrogens with two attached hydrogens (primary N) is 1. The Morgan fingerprint density at radius 1 is 0.321 bits per heavy atom. The number of carbonyl (C=O) groups excluding carboxylic acids is 11. The van der Waals surface area contributed by atoms with E-state index in [1.165, 1.54) is 6.42 Å². The van der Waals surface area contributed by atoms with Gasteiger partial charge in [0.1, 0.15) is 39.2 Å². The Bertz CT molecular complexity index is 2940. The molecule has 0 heterocycles. The van der Waals surface area contributed by atoms with Gasteiger partial charge in [0.05, 0.1) is 19.6 Å². The van der Waals surface area contributed by atoms with Crippen molar-refractivity contribution in [1.82, 2.24) is 21.3 Å². The maximum Gasteiger partial charge on any atom is 1.00 e. The number of alkyl carbamates (subject to hydrolysis) is 2. The van der Waals surface area contributed by atoms with E-state index in [1.54, 1.807) is 125 Å². The number of carbonyl (C=O) groups is 13. The first-order valence-electron chi connectivity index (χ1n) is 45.7. The van der Waals surface area contributed by atoms with Crippen molar-refractivity contribution in [1.29, 1.82) is 0 Å². The van der Waals surface area contributed by atoms with Crippen LogP contribution in [0, 0.1) is 0 Å². The number of rotatable bonds is 55. The van der Waals surface area contributed by atoms with Gasteiger partial charge in [0.25, 0.3) is 11.8 Å². The van der Waals surface area contributed by atoms with E-state index in [0.717, 1.165) is 18.2 Å². The molecular formula is C91H179BrCl2N7NaO32. The van der Waals surface area contributed by atoms with Crippen LogP contribution in [0.2, 0.25) is 0 Å². The van der Waals surface area contributed by atoms with Gasteiger partial charge in [-0.15, -0.1) is 0 Å². The Morgan fingerprint density at radius 3 is 0.813 bits per heavy atom. The first kappa shape index (κ1) is 149. The van der Waals surface area contributed by atoms with Gasteiger partial charge in [-0.25, -0.2) is 38.4 Å². The molecule has 0 aromatic heterocycles. The standard InChI is InChI=1S/C26H48N2O8.C18H34O6.C15H31N3O4.C12H22O6.C10H18O6.C7H16N2O2.C3H7Br.2ClH.Na.H/c1-9-17-33-21(19(29)13-11-16-28-24(32)36-26(6,7)8)22(34-18-10-2)23(31)27-15-12-14-20(30)35-25(3,4)5;1-9-11-21-13(15(19)23-17(3,4)5)14(22-12-10-2)16(20)24-18(6,7)8;1-3-10-21-13(12(19)6-5-7-16)14(22-11-4-2)15(20)18-9-8-17;1-11(2,3)17-9(15)7(13)8(14)10(16)18-12(4,5)6;1-3-5-15-7(9(11)12)8(10(13)14)16-6-4-2;1-7(2,3)11-6(10)9-5-4-8;1-2-3-4;;;;/h21-22H,9-18H2,1-8H3,(H,27,31)(H,28,32);13-14H,9-12H2,1-8H3;13-14H,3-11,16-17H2,1-2H3,(H,18,20);7-8,13-14H,1-6H3;7-8H,3-6H2,1-2H3,(H,11,12)(H,13,14);4-5,8H2,1-3H3,(H,9,10);2-3H2,1H3;2*1H;;/q;;;;;;;;;+1;-1/t21-,22+;13-,14-;13-,14+;2*7-,8-;;;;;;/m01011....../s1. The van der Waals surface area contributed by atoms with E-state index in [-0.39, 0.29) is 125 Å². The van der Waals surface area contributed by atoms with Crippen molar-refractivity contribution >= 4 is 93.3 Å². The molecule has 0 bridgehead atoms. The van der Waals surface area contributed by atoms with Crippen LogP contribution < -0.4 is 92.8 Å². The van der Waals surface area contributed by atoms with Crippen molar-refractivity contribution in [2.24, 2.45) is 5.73 Å². The quantitative estimate of drug-likeness (QED) is 0.0125. The summed E-state index contributed by atoms with van der Waals surface area (Å²) >= 11 is 3.25. The second-order valence-electron chi connectivity index (χ2n) is 36.5. The van der Waals surface area contributed by atoms with Gasteiger partial charge in [0.2, 0.25) is 0 Å². The first-order valence-corrected chi connectivity index (χ1v) is 46.9. The van der Waals surface area contributed by atoms with Crippen molar-refractivity contribution in [3.8, 4) is 0 Å². The average molecular weight is 2060 g/mol. The zero-order valence-electron chi connectivity index (χ0n) is 88.0. The van der Waals surface area contributed by atoms with E-state index in [2.05, 4.69) is 55.6 Å². The van der Waals surface area contributed by atoms with E-state index >= 15 is 0 Å². The second kappa shape index (κ2) is 84.5. The molecule has 0 saturated carbocycles. The molecule has 792 valence electrons. The molecule has 0 spiro atoms. The molecule has 4 amide bonds. The molecule has 0 fully saturated rings. The van der Waals surface area contributed by atoms with E-state index in [9.17, 15) is 72.5 Å². The number of Topliss-reactive ketones (excluding diaryl/α,β-unsaturated/α-hetero) is 2. The van der Waals surface area contributed by atoms with Crippen molar-refractivity contribution in [2.75, 3.05) is 104 Å². The summed E-state index contributed by atoms with van der Waals surface area (Å²) in [5.74, 6) is -7.51. The van der Waals surface area contributed by atoms with Crippen LogP contribution in [-0.2, 0) is 124 Å². The third kappa shape index (κ3) is 90.5. The number of quaternary nitrogens is 2. The van der Waals surface area contributed by atoms with Gasteiger partial charge in [-0.1, -0.05) is 78.2 Å².